The Morgan fingerprint density at radius 2 is 1.87 bits per heavy atom. The number of aromatic nitrogens is 2. The van der Waals surface area contributed by atoms with E-state index in [0.717, 1.165) is 23.9 Å². The topological polar surface area (TPSA) is 42.3 Å². The summed E-state index contributed by atoms with van der Waals surface area (Å²) in [6.45, 7) is 6.63. The molecule has 30 heavy (non-hydrogen) atoms. The van der Waals surface area contributed by atoms with Crippen LogP contribution in [0, 0.1) is 13.8 Å². The second kappa shape index (κ2) is 8.98. The summed E-state index contributed by atoms with van der Waals surface area (Å²) in [6, 6.07) is 18.9. The van der Waals surface area contributed by atoms with Gasteiger partial charge in [-0.05, 0) is 55.4 Å². The van der Waals surface area contributed by atoms with Gasteiger partial charge in [0.05, 0.1) is 24.4 Å². The second-order valence-corrected chi connectivity index (χ2v) is 8.10. The highest BCUT2D eigenvalue weighted by molar-refractivity contribution is 7.80. The van der Waals surface area contributed by atoms with Crippen LogP contribution in [0.2, 0.25) is 0 Å². The van der Waals surface area contributed by atoms with E-state index in [1.165, 1.54) is 22.5 Å². The first kappa shape index (κ1) is 20.6. The molecular formula is C24H28N4OS. The van der Waals surface area contributed by atoms with Gasteiger partial charge in [0.1, 0.15) is 0 Å². The fraction of sp³-hybridized carbons (Fsp3) is 0.333. The van der Waals surface area contributed by atoms with Crippen molar-refractivity contribution in [3.8, 4) is 0 Å². The molecule has 2 atom stereocenters. The van der Waals surface area contributed by atoms with Crippen molar-refractivity contribution in [1.82, 2.24) is 19.8 Å². The monoisotopic (exact) mass is 420 g/mol. The lowest BCUT2D eigenvalue weighted by molar-refractivity contribution is 0.186. The van der Waals surface area contributed by atoms with Gasteiger partial charge in [-0.3, -0.25) is 4.98 Å². The molecule has 6 heteroatoms. The third-order valence-corrected chi connectivity index (χ3v) is 6.20. The van der Waals surface area contributed by atoms with Crippen LogP contribution in [0.25, 0.3) is 0 Å². The highest BCUT2D eigenvalue weighted by Gasteiger charge is 2.41. The van der Waals surface area contributed by atoms with Gasteiger partial charge in [0.25, 0.3) is 0 Å². The van der Waals surface area contributed by atoms with E-state index in [1.54, 1.807) is 7.11 Å². The molecule has 1 aliphatic rings. The summed E-state index contributed by atoms with van der Waals surface area (Å²) in [5, 5.41) is 4.31. The molecule has 1 aromatic carbocycles. The Kier molecular flexibility index (Phi) is 6.16. The molecular weight excluding hydrogens is 392 g/mol. The van der Waals surface area contributed by atoms with E-state index in [4.69, 9.17) is 17.0 Å². The molecule has 0 amide bonds. The average molecular weight is 421 g/mol. The highest BCUT2D eigenvalue weighted by Crippen LogP contribution is 2.41. The second-order valence-electron chi connectivity index (χ2n) is 7.71. The van der Waals surface area contributed by atoms with Gasteiger partial charge in [0.2, 0.25) is 0 Å². The maximum atomic E-state index is 5.81. The molecule has 5 nitrogen and oxygen atoms in total. The van der Waals surface area contributed by atoms with Gasteiger partial charge in [-0.1, -0.05) is 36.4 Å². The van der Waals surface area contributed by atoms with Gasteiger partial charge in [-0.25, -0.2) is 0 Å². The average Bonchev–Trinajstić information content (AvgIpc) is 3.23. The van der Waals surface area contributed by atoms with Crippen LogP contribution in [0.5, 0.6) is 0 Å². The predicted molar refractivity (Wildman–Crippen MR) is 123 cm³/mol. The summed E-state index contributed by atoms with van der Waals surface area (Å²) in [6.07, 6.45) is 1.85. The van der Waals surface area contributed by atoms with Crippen LogP contribution in [0.4, 0.5) is 0 Å². The van der Waals surface area contributed by atoms with Gasteiger partial charge in [-0.15, -0.1) is 0 Å². The minimum atomic E-state index is -0.00112. The van der Waals surface area contributed by atoms with E-state index in [9.17, 15) is 0 Å². The number of benzene rings is 1. The number of aryl methyl sites for hydroxylation is 1. The fourth-order valence-corrected chi connectivity index (χ4v) is 4.65. The van der Waals surface area contributed by atoms with Crippen molar-refractivity contribution in [2.24, 2.45) is 0 Å². The van der Waals surface area contributed by atoms with Crippen molar-refractivity contribution >= 4 is 17.3 Å². The molecule has 4 rings (SSSR count). The van der Waals surface area contributed by atoms with E-state index in [0.29, 0.717) is 6.61 Å². The summed E-state index contributed by atoms with van der Waals surface area (Å²) in [7, 11) is 1.74. The molecule has 3 aromatic rings. The molecule has 1 saturated heterocycles. The largest absolute Gasteiger partial charge is 0.383 e. The molecule has 0 saturated carbocycles. The molecule has 2 aromatic heterocycles. The van der Waals surface area contributed by atoms with Gasteiger partial charge in [0, 0.05) is 37.8 Å². The van der Waals surface area contributed by atoms with Gasteiger partial charge < -0.3 is 19.5 Å². The van der Waals surface area contributed by atoms with E-state index >= 15 is 0 Å². The molecule has 0 spiro atoms. The van der Waals surface area contributed by atoms with Crippen molar-refractivity contribution in [2.45, 2.75) is 39.0 Å². The zero-order valence-corrected chi connectivity index (χ0v) is 18.5. The Balaban J connectivity index is 1.76. The summed E-state index contributed by atoms with van der Waals surface area (Å²) in [5.41, 5.74) is 6.00. The Hall–Kier alpha value is -2.70. The fourth-order valence-electron chi connectivity index (χ4n) is 4.35. The van der Waals surface area contributed by atoms with Crippen LogP contribution in [0.3, 0.4) is 0 Å². The van der Waals surface area contributed by atoms with Crippen LogP contribution in [-0.2, 0) is 17.8 Å². The number of ether oxygens (including phenoxy) is 1. The number of nitrogens with zero attached hydrogens (tertiary/aromatic N) is 3. The molecule has 0 aliphatic carbocycles. The first-order chi connectivity index (χ1) is 14.6. The minimum absolute atomic E-state index is 0.00112. The first-order valence-corrected chi connectivity index (χ1v) is 10.7. The number of methoxy groups -OCH3 is 1. The number of pyridine rings is 1. The highest BCUT2D eigenvalue weighted by atomic mass is 32.1. The van der Waals surface area contributed by atoms with Crippen molar-refractivity contribution in [2.75, 3.05) is 13.7 Å². The molecule has 1 aliphatic heterocycles. The molecule has 156 valence electrons. The van der Waals surface area contributed by atoms with E-state index < -0.39 is 0 Å². The Bertz CT molecular complexity index is 1000. The third-order valence-electron chi connectivity index (χ3n) is 5.84. The number of thiocarbonyl (C=S) groups is 1. The summed E-state index contributed by atoms with van der Waals surface area (Å²) >= 11 is 5.81. The lowest BCUT2D eigenvalue weighted by atomic mass is 9.96. The van der Waals surface area contributed by atoms with E-state index in [1.807, 2.05) is 24.4 Å². The number of hydrogen-bond donors (Lipinski definition) is 1. The van der Waals surface area contributed by atoms with E-state index in [-0.39, 0.29) is 12.1 Å². The summed E-state index contributed by atoms with van der Waals surface area (Å²) in [4.78, 5) is 6.94. The van der Waals surface area contributed by atoms with Crippen LogP contribution in [-0.4, -0.2) is 33.3 Å². The van der Waals surface area contributed by atoms with Crippen molar-refractivity contribution in [3.63, 3.8) is 0 Å². The lowest BCUT2D eigenvalue weighted by Crippen LogP contribution is -2.29. The zero-order valence-electron chi connectivity index (χ0n) is 17.7. The minimum Gasteiger partial charge on any atom is -0.383 e. The number of rotatable bonds is 7. The molecule has 0 radical (unpaired) electrons. The normalized spacial score (nSPS) is 18.6. The van der Waals surface area contributed by atoms with Crippen LogP contribution in [0.1, 0.15) is 40.3 Å². The summed E-state index contributed by atoms with van der Waals surface area (Å²) < 4.78 is 7.65. The van der Waals surface area contributed by atoms with Crippen LogP contribution in [0.15, 0.2) is 60.8 Å². The van der Waals surface area contributed by atoms with Gasteiger partial charge >= 0.3 is 0 Å². The molecule has 2 unspecified atom stereocenters. The SMILES string of the molecule is COCCn1c(C)cc(C2C(c3ccccn3)NC(=S)N2Cc2ccccc2)c1C. The predicted octanol–water partition coefficient (Wildman–Crippen LogP) is 4.32. The van der Waals surface area contributed by atoms with Crippen LogP contribution >= 0.6 is 12.2 Å². The molecule has 1 fully saturated rings. The molecule has 3 heterocycles. The van der Waals surface area contributed by atoms with Gasteiger partial charge in [-0.2, -0.15) is 0 Å². The molecule has 1 N–H and O–H groups in total. The third kappa shape index (κ3) is 3.98. The smallest absolute Gasteiger partial charge is 0.170 e. The zero-order chi connectivity index (χ0) is 21.1. The maximum Gasteiger partial charge on any atom is 0.170 e. The standard InChI is InChI=1S/C24H28N4OS/c1-17-15-20(18(2)27(17)13-14-29-3)23-22(21-11-7-8-12-25-21)26-24(30)28(23)16-19-9-5-4-6-10-19/h4-12,15,22-23H,13-14,16H2,1-3H3,(H,26,30). The quantitative estimate of drug-likeness (QED) is 0.577. The van der Waals surface area contributed by atoms with Gasteiger partial charge in [0.15, 0.2) is 5.11 Å². The Labute approximate surface area is 183 Å². The molecule has 0 bridgehead atoms. The Morgan fingerprint density at radius 3 is 2.57 bits per heavy atom. The van der Waals surface area contributed by atoms with Crippen molar-refractivity contribution in [1.29, 1.82) is 0 Å². The van der Waals surface area contributed by atoms with Crippen LogP contribution < -0.4 is 5.32 Å². The number of nitrogens with one attached hydrogen (secondary N) is 1. The first-order valence-electron chi connectivity index (χ1n) is 10.3. The lowest BCUT2D eigenvalue weighted by Gasteiger charge is -2.28. The number of hydrogen-bond acceptors (Lipinski definition) is 3. The Morgan fingerprint density at radius 1 is 1.10 bits per heavy atom. The van der Waals surface area contributed by atoms with Crippen molar-refractivity contribution < 1.29 is 4.74 Å². The maximum absolute atomic E-state index is 5.81. The summed E-state index contributed by atoms with van der Waals surface area (Å²) in [5.74, 6) is 0. The van der Waals surface area contributed by atoms with E-state index in [2.05, 4.69) is 70.0 Å². The van der Waals surface area contributed by atoms with Crippen molar-refractivity contribution in [3.05, 3.63) is 89.0 Å².